The first-order valence-corrected chi connectivity index (χ1v) is 6.35. The van der Waals surface area contributed by atoms with E-state index in [1.165, 1.54) is 18.5 Å². The summed E-state index contributed by atoms with van der Waals surface area (Å²) in [6.07, 6.45) is 7.68. The minimum atomic E-state index is 0.509. The maximum atomic E-state index is 4.47. The van der Waals surface area contributed by atoms with E-state index in [4.69, 9.17) is 0 Å². The van der Waals surface area contributed by atoms with Gasteiger partial charge in [-0.1, -0.05) is 6.07 Å². The third-order valence-corrected chi connectivity index (χ3v) is 3.42. The zero-order valence-corrected chi connectivity index (χ0v) is 10.2. The topological polar surface area (TPSA) is 41.9 Å². The van der Waals surface area contributed by atoms with Gasteiger partial charge < -0.3 is 4.90 Å². The van der Waals surface area contributed by atoms with Gasteiger partial charge in [0, 0.05) is 37.1 Å². The third-order valence-electron chi connectivity index (χ3n) is 3.42. The van der Waals surface area contributed by atoms with Crippen LogP contribution in [0.25, 0.3) is 0 Å². The highest BCUT2D eigenvalue weighted by Crippen LogP contribution is 2.27. The average Bonchev–Trinajstić information content (AvgIpc) is 2.49. The van der Waals surface area contributed by atoms with E-state index >= 15 is 0 Å². The summed E-state index contributed by atoms with van der Waals surface area (Å²) in [5, 5.41) is 0. The van der Waals surface area contributed by atoms with Crippen LogP contribution in [0.2, 0.25) is 0 Å². The SMILES string of the molecule is c1ccc([C@H]2CCCN(c3ccncn3)C2)nc1. The Morgan fingerprint density at radius 3 is 2.89 bits per heavy atom. The molecule has 0 aliphatic carbocycles. The highest BCUT2D eigenvalue weighted by atomic mass is 15.2. The fourth-order valence-electron chi connectivity index (χ4n) is 2.51. The summed E-state index contributed by atoms with van der Waals surface area (Å²) in [6, 6.07) is 8.12. The second kappa shape index (κ2) is 5.12. The van der Waals surface area contributed by atoms with E-state index in [-0.39, 0.29) is 0 Å². The van der Waals surface area contributed by atoms with Crippen LogP contribution in [-0.4, -0.2) is 28.0 Å². The zero-order chi connectivity index (χ0) is 12.2. The molecule has 1 fully saturated rings. The summed E-state index contributed by atoms with van der Waals surface area (Å²) >= 11 is 0. The van der Waals surface area contributed by atoms with Crippen molar-refractivity contribution in [1.29, 1.82) is 0 Å². The molecule has 18 heavy (non-hydrogen) atoms. The van der Waals surface area contributed by atoms with Gasteiger partial charge in [0.2, 0.25) is 0 Å². The number of pyridine rings is 1. The molecule has 92 valence electrons. The van der Waals surface area contributed by atoms with Crippen LogP contribution in [0, 0.1) is 0 Å². The maximum absolute atomic E-state index is 4.47. The molecule has 0 N–H and O–H groups in total. The van der Waals surface area contributed by atoms with E-state index < -0.39 is 0 Å². The monoisotopic (exact) mass is 240 g/mol. The molecule has 0 spiro atoms. The molecule has 1 atom stereocenters. The molecule has 1 aliphatic rings. The molecule has 0 aromatic carbocycles. The Balaban J connectivity index is 1.77. The molecule has 0 radical (unpaired) electrons. The Kier molecular flexibility index (Phi) is 3.17. The van der Waals surface area contributed by atoms with Crippen molar-refractivity contribution in [3.05, 3.63) is 48.7 Å². The second-order valence-corrected chi connectivity index (χ2v) is 4.61. The maximum Gasteiger partial charge on any atom is 0.131 e. The first-order chi connectivity index (χ1) is 8.93. The number of rotatable bonds is 2. The Bertz CT molecular complexity index is 440. The van der Waals surface area contributed by atoms with Crippen LogP contribution in [0.15, 0.2) is 43.0 Å². The number of nitrogens with zero attached hydrogens (tertiary/aromatic N) is 4. The lowest BCUT2D eigenvalue weighted by Gasteiger charge is -2.33. The van der Waals surface area contributed by atoms with E-state index in [0.717, 1.165) is 18.9 Å². The molecule has 3 rings (SSSR count). The fourth-order valence-corrected chi connectivity index (χ4v) is 2.51. The van der Waals surface area contributed by atoms with Crippen molar-refractivity contribution >= 4 is 5.82 Å². The Labute approximate surface area is 107 Å². The van der Waals surface area contributed by atoms with Gasteiger partial charge in [-0.05, 0) is 31.0 Å². The van der Waals surface area contributed by atoms with Gasteiger partial charge >= 0.3 is 0 Å². The minimum absolute atomic E-state index is 0.509. The van der Waals surface area contributed by atoms with E-state index in [1.54, 1.807) is 12.5 Å². The standard InChI is InChI=1S/C14H16N4/c1-2-7-16-13(5-1)12-4-3-9-18(10-12)14-6-8-15-11-17-14/h1-2,5-8,11-12H,3-4,9-10H2/t12-/m0/s1. The largest absolute Gasteiger partial charge is 0.356 e. The summed E-state index contributed by atoms with van der Waals surface area (Å²) in [4.78, 5) is 15.1. The lowest BCUT2D eigenvalue weighted by Crippen LogP contribution is -2.35. The Morgan fingerprint density at radius 2 is 2.11 bits per heavy atom. The van der Waals surface area contributed by atoms with Gasteiger partial charge in [-0.25, -0.2) is 9.97 Å². The summed E-state index contributed by atoms with van der Waals surface area (Å²) in [5.41, 5.74) is 1.19. The predicted octanol–water partition coefficient (Wildman–Crippen LogP) is 2.26. The molecule has 0 saturated carbocycles. The molecule has 0 bridgehead atoms. The van der Waals surface area contributed by atoms with Gasteiger partial charge in [0.25, 0.3) is 0 Å². The second-order valence-electron chi connectivity index (χ2n) is 4.61. The van der Waals surface area contributed by atoms with Crippen LogP contribution in [0.5, 0.6) is 0 Å². The van der Waals surface area contributed by atoms with Gasteiger partial charge in [0.15, 0.2) is 0 Å². The van der Waals surface area contributed by atoms with Crippen molar-refractivity contribution in [3.63, 3.8) is 0 Å². The molecule has 1 saturated heterocycles. The lowest BCUT2D eigenvalue weighted by molar-refractivity contribution is 0.498. The van der Waals surface area contributed by atoms with Gasteiger partial charge in [0.05, 0.1) is 0 Å². The average molecular weight is 240 g/mol. The summed E-state index contributed by atoms with van der Waals surface area (Å²) in [7, 11) is 0. The third kappa shape index (κ3) is 2.32. The van der Waals surface area contributed by atoms with Crippen LogP contribution >= 0.6 is 0 Å². The normalized spacial score (nSPS) is 19.8. The predicted molar refractivity (Wildman–Crippen MR) is 70.5 cm³/mol. The number of hydrogen-bond acceptors (Lipinski definition) is 4. The van der Waals surface area contributed by atoms with Crippen molar-refractivity contribution in [1.82, 2.24) is 15.0 Å². The van der Waals surface area contributed by atoms with Crippen LogP contribution in [0.4, 0.5) is 5.82 Å². The first-order valence-electron chi connectivity index (χ1n) is 6.35. The Morgan fingerprint density at radius 1 is 1.11 bits per heavy atom. The lowest BCUT2D eigenvalue weighted by atomic mass is 9.94. The molecule has 2 aromatic rings. The van der Waals surface area contributed by atoms with Gasteiger partial charge in [-0.2, -0.15) is 0 Å². The smallest absolute Gasteiger partial charge is 0.131 e. The fraction of sp³-hybridized carbons (Fsp3) is 0.357. The van der Waals surface area contributed by atoms with Gasteiger partial charge in [-0.15, -0.1) is 0 Å². The minimum Gasteiger partial charge on any atom is -0.356 e. The summed E-state index contributed by atoms with van der Waals surface area (Å²) in [5.74, 6) is 1.53. The molecule has 1 aliphatic heterocycles. The van der Waals surface area contributed by atoms with Crippen molar-refractivity contribution in [2.75, 3.05) is 18.0 Å². The molecule has 2 aromatic heterocycles. The highest BCUT2D eigenvalue weighted by Gasteiger charge is 2.22. The van der Waals surface area contributed by atoms with E-state index in [1.807, 2.05) is 18.3 Å². The van der Waals surface area contributed by atoms with E-state index in [0.29, 0.717) is 5.92 Å². The highest BCUT2D eigenvalue weighted by molar-refractivity contribution is 5.38. The summed E-state index contributed by atoms with van der Waals surface area (Å²) in [6.45, 7) is 2.06. The number of aromatic nitrogens is 3. The van der Waals surface area contributed by atoms with E-state index in [9.17, 15) is 0 Å². The molecule has 4 heteroatoms. The quantitative estimate of drug-likeness (QED) is 0.807. The molecular formula is C14H16N4. The van der Waals surface area contributed by atoms with Gasteiger partial charge in [-0.3, -0.25) is 4.98 Å². The van der Waals surface area contributed by atoms with Crippen LogP contribution in [0.1, 0.15) is 24.5 Å². The number of anilines is 1. The van der Waals surface area contributed by atoms with Crippen molar-refractivity contribution in [3.8, 4) is 0 Å². The molecule has 0 amide bonds. The van der Waals surface area contributed by atoms with E-state index in [2.05, 4.69) is 32.0 Å². The van der Waals surface area contributed by atoms with Crippen molar-refractivity contribution in [2.45, 2.75) is 18.8 Å². The molecule has 0 unspecified atom stereocenters. The number of piperidine rings is 1. The molecule has 4 nitrogen and oxygen atoms in total. The van der Waals surface area contributed by atoms with Crippen molar-refractivity contribution in [2.24, 2.45) is 0 Å². The van der Waals surface area contributed by atoms with Crippen LogP contribution < -0.4 is 4.90 Å². The Hall–Kier alpha value is -1.97. The molecule has 3 heterocycles. The number of hydrogen-bond donors (Lipinski definition) is 0. The zero-order valence-electron chi connectivity index (χ0n) is 10.2. The van der Waals surface area contributed by atoms with Crippen LogP contribution in [0.3, 0.4) is 0 Å². The summed E-state index contributed by atoms with van der Waals surface area (Å²) < 4.78 is 0. The van der Waals surface area contributed by atoms with Crippen molar-refractivity contribution < 1.29 is 0 Å². The first kappa shape index (κ1) is 11.1. The van der Waals surface area contributed by atoms with Crippen LogP contribution in [-0.2, 0) is 0 Å². The van der Waals surface area contributed by atoms with Gasteiger partial charge in [0.1, 0.15) is 12.1 Å². The molecular weight excluding hydrogens is 224 g/mol.